The van der Waals surface area contributed by atoms with Crippen molar-refractivity contribution in [3.05, 3.63) is 90.0 Å². The molecule has 4 rings (SSSR count). The van der Waals surface area contributed by atoms with Crippen LogP contribution in [0.25, 0.3) is 10.8 Å². The maximum atomic E-state index is 13.9. The molecule has 0 fully saturated rings. The number of benzene rings is 3. The molecule has 15 nitrogen and oxygen atoms in total. The summed E-state index contributed by atoms with van der Waals surface area (Å²) in [6, 6.07) is 17.4. The van der Waals surface area contributed by atoms with E-state index in [4.69, 9.17) is 22.9 Å². The molecule has 0 radical (unpaired) electrons. The number of guanidine groups is 2. The van der Waals surface area contributed by atoms with Gasteiger partial charge in [0.2, 0.25) is 23.6 Å². The third-order valence-electron chi connectivity index (χ3n) is 8.51. The van der Waals surface area contributed by atoms with Crippen LogP contribution in [0.2, 0.25) is 0 Å². The van der Waals surface area contributed by atoms with Crippen LogP contribution in [-0.4, -0.2) is 78.4 Å². The second-order valence-corrected chi connectivity index (χ2v) is 12.7. The first-order valence-corrected chi connectivity index (χ1v) is 17.2. The Morgan fingerprint density at radius 2 is 1.31 bits per heavy atom. The van der Waals surface area contributed by atoms with E-state index in [9.17, 15) is 24.3 Å². The van der Waals surface area contributed by atoms with Crippen LogP contribution >= 0.6 is 0 Å². The molecule has 1 aliphatic heterocycles. The molecule has 3 aromatic carbocycles. The Labute approximate surface area is 302 Å². The largest absolute Gasteiger partial charge is 0.508 e. The molecule has 0 unspecified atom stereocenters. The van der Waals surface area contributed by atoms with E-state index < -0.39 is 47.7 Å². The van der Waals surface area contributed by atoms with E-state index in [1.54, 1.807) is 24.3 Å². The Balaban J connectivity index is 1.67. The quantitative estimate of drug-likeness (QED) is 0.0536. The van der Waals surface area contributed by atoms with Crippen LogP contribution in [0.1, 0.15) is 36.8 Å². The molecule has 0 aromatic heterocycles. The van der Waals surface area contributed by atoms with Gasteiger partial charge in [-0.3, -0.25) is 29.2 Å². The van der Waals surface area contributed by atoms with Crippen molar-refractivity contribution in [2.24, 2.45) is 38.8 Å². The van der Waals surface area contributed by atoms with Gasteiger partial charge in [-0.25, -0.2) is 0 Å². The predicted molar refractivity (Wildman–Crippen MR) is 201 cm³/mol. The number of fused-ring (bicyclic) bond motifs is 1. The minimum atomic E-state index is -1.12. The Morgan fingerprint density at radius 3 is 2.00 bits per heavy atom. The summed E-state index contributed by atoms with van der Waals surface area (Å²) in [7, 11) is 0. The lowest BCUT2D eigenvalue weighted by molar-refractivity contribution is -0.132. The van der Waals surface area contributed by atoms with Crippen molar-refractivity contribution in [3.63, 3.8) is 0 Å². The average Bonchev–Trinajstić information content (AvgIpc) is 3.11. The van der Waals surface area contributed by atoms with E-state index in [-0.39, 0.29) is 43.6 Å². The normalized spacial score (nSPS) is 20.6. The lowest BCUT2D eigenvalue weighted by Crippen LogP contribution is -2.56. The zero-order chi connectivity index (χ0) is 37.5. The number of aliphatic imine (C=N–C) groups is 2. The summed E-state index contributed by atoms with van der Waals surface area (Å²) < 4.78 is 0. The highest BCUT2D eigenvalue weighted by Crippen LogP contribution is 2.20. The highest BCUT2D eigenvalue weighted by Gasteiger charge is 2.29. The number of carbonyl (C=O) groups is 4. The van der Waals surface area contributed by atoms with Gasteiger partial charge in [0.1, 0.15) is 17.8 Å². The Hall–Kier alpha value is -6.12. The van der Waals surface area contributed by atoms with Gasteiger partial charge in [0.15, 0.2) is 11.9 Å². The second-order valence-electron chi connectivity index (χ2n) is 12.7. The number of hydrogen-bond acceptors (Lipinski definition) is 7. The van der Waals surface area contributed by atoms with Crippen molar-refractivity contribution < 1.29 is 24.3 Å². The number of rotatable bonds is 12. The highest BCUT2D eigenvalue weighted by atomic mass is 16.3. The molecule has 0 aliphatic carbocycles. The monoisotopic (exact) mass is 712 g/mol. The minimum Gasteiger partial charge on any atom is -0.508 e. The number of hydrogen-bond donors (Lipinski definition) is 9. The van der Waals surface area contributed by atoms with E-state index in [2.05, 4.69) is 31.3 Å². The molecule has 13 N–H and O–H groups in total. The second kappa shape index (κ2) is 19.3. The summed E-state index contributed by atoms with van der Waals surface area (Å²) in [5.41, 5.74) is 23.5. The summed E-state index contributed by atoms with van der Waals surface area (Å²) in [6.07, 6.45) is 5.32. The molecule has 15 heteroatoms. The van der Waals surface area contributed by atoms with Crippen LogP contribution in [0.15, 0.2) is 88.9 Å². The summed E-state index contributed by atoms with van der Waals surface area (Å²) in [5.74, 6) is -2.91. The number of nitrogens with two attached hydrogens (primary N) is 4. The fourth-order valence-corrected chi connectivity index (χ4v) is 5.82. The van der Waals surface area contributed by atoms with Gasteiger partial charge < -0.3 is 49.3 Å². The third kappa shape index (κ3) is 12.6. The van der Waals surface area contributed by atoms with Gasteiger partial charge in [-0.1, -0.05) is 66.7 Å². The highest BCUT2D eigenvalue weighted by molar-refractivity contribution is 5.94. The van der Waals surface area contributed by atoms with Crippen molar-refractivity contribution in [1.29, 1.82) is 0 Å². The SMILES string of the molecule is NC(N)=NCCC[C@H]1/C=C/[C@@H](Cc2ccc3ccccc3c2)C(=O)NCC(=O)N[C@H](Cc2ccc(O)cc2)C(=O)N[C@@H](CCCN=C(N)N)C(=O)N1. The zero-order valence-corrected chi connectivity index (χ0v) is 29.0. The predicted octanol–water partition coefficient (Wildman–Crippen LogP) is 0.194. The summed E-state index contributed by atoms with van der Waals surface area (Å²) in [6.45, 7) is 0.151. The van der Waals surface area contributed by atoms with Crippen molar-refractivity contribution in [2.45, 2.75) is 56.7 Å². The number of phenols is 1. The third-order valence-corrected chi connectivity index (χ3v) is 8.51. The van der Waals surface area contributed by atoms with Crippen molar-refractivity contribution in [3.8, 4) is 5.75 Å². The molecule has 1 heterocycles. The number of nitrogens with zero attached hydrogens (tertiary/aromatic N) is 2. The lowest BCUT2D eigenvalue weighted by atomic mass is 9.95. The molecule has 4 atom stereocenters. The minimum absolute atomic E-state index is 0.0410. The Morgan fingerprint density at radius 1 is 0.673 bits per heavy atom. The van der Waals surface area contributed by atoms with E-state index in [1.807, 2.05) is 42.5 Å². The fourth-order valence-electron chi connectivity index (χ4n) is 5.82. The standard InChI is InChI=1S/C37H48N10O5/c38-36(39)42-17-3-7-28-14-13-27(20-24-9-12-25-5-1-2-6-26(25)19-24)33(50)44-22-32(49)46-31(21-23-10-15-29(48)16-11-23)35(52)47-30(34(51)45-28)8-4-18-43-37(40)41/h1-2,5-6,9-16,19,27-28,30-31,48H,3-4,7-8,17-18,20-22H2,(H,44,50)(H,45,51)(H,46,49)(H,47,52)(H4,38,39,42)(H4,40,41,43)/b14-13+/t27-,28-,30-,31+/m0/s1. The first-order valence-electron chi connectivity index (χ1n) is 17.2. The maximum absolute atomic E-state index is 13.9. The summed E-state index contributed by atoms with van der Waals surface area (Å²) >= 11 is 0. The van der Waals surface area contributed by atoms with Gasteiger partial charge >= 0.3 is 0 Å². The molecule has 0 saturated carbocycles. The van der Waals surface area contributed by atoms with Crippen LogP contribution < -0.4 is 44.2 Å². The lowest BCUT2D eigenvalue weighted by Gasteiger charge is -2.25. The number of amides is 4. The molecule has 4 amide bonds. The smallest absolute Gasteiger partial charge is 0.243 e. The van der Waals surface area contributed by atoms with E-state index in [0.717, 1.165) is 16.3 Å². The van der Waals surface area contributed by atoms with Gasteiger partial charge in [-0.15, -0.1) is 0 Å². The number of nitrogens with one attached hydrogen (secondary N) is 4. The topological polar surface area (TPSA) is 265 Å². The first kappa shape index (κ1) is 38.7. The van der Waals surface area contributed by atoms with Crippen LogP contribution in [0, 0.1) is 5.92 Å². The van der Waals surface area contributed by atoms with Crippen LogP contribution in [0.3, 0.4) is 0 Å². The van der Waals surface area contributed by atoms with Crippen molar-refractivity contribution in [2.75, 3.05) is 19.6 Å². The maximum Gasteiger partial charge on any atom is 0.243 e. The van der Waals surface area contributed by atoms with Gasteiger partial charge in [-0.05, 0) is 66.1 Å². The molecule has 0 bridgehead atoms. The average molecular weight is 713 g/mol. The van der Waals surface area contributed by atoms with Crippen LogP contribution in [0.4, 0.5) is 0 Å². The first-order chi connectivity index (χ1) is 25.0. The van der Waals surface area contributed by atoms with E-state index in [0.29, 0.717) is 37.8 Å². The Bertz CT molecular complexity index is 1780. The molecule has 0 spiro atoms. The van der Waals surface area contributed by atoms with Crippen molar-refractivity contribution >= 4 is 46.3 Å². The van der Waals surface area contributed by atoms with E-state index >= 15 is 0 Å². The number of carbonyl (C=O) groups excluding carboxylic acids is 4. The van der Waals surface area contributed by atoms with Gasteiger partial charge in [0, 0.05) is 25.6 Å². The molecule has 276 valence electrons. The summed E-state index contributed by atoms with van der Waals surface area (Å²) in [4.78, 5) is 62.6. The van der Waals surface area contributed by atoms with Crippen molar-refractivity contribution in [1.82, 2.24) is 21.3 Å². The number of phenolic OH excluding ortho intramolecular Hbond substituents is 1. The van der Waals surface area contributed by atoms with Gasteiger partial charge in [0.05, 0.1) is 12.5 Å². The number of aromatic hydroxyl groups is 1. The van der Waals surface area contributed by atoms with Gasteiger partial charge in [0.25, 0.3) is 0 Å². The molecule has 3 aromatic rings. The molecular weight excluding hydrogens is 664 g/mol. The zero-order valence-electron chi connectivity index (χ0n) is 29.0. The summed E-state index contributed by atoms with van der Waals surface area (Å²) in [5, 5.41) is 23.1. The molecule has 1 aliphatic rings. The van der Waals surface area contributed by atoms with E-state index in [1.165, 1.54) is 12.1 Å². The Kier molecular flexibility index (Phi) is 14.4. The molecular formula is C37H48N10O5. The van der Waals surface area contributed by atoms with Gasteiger partial charge in [-0.2, -0.15) is 0 Å². The fraction of sp³-hybridized carbons (Fsp3) is 0.351. The molecule has 52 heavy (non-hydrogen) atoms. The van der Waals surface area contributed by atoms with Crippen LogP contribution in [-0.2, 0) is 32.0 Å². The van der Waals surface area contributed by atoms with Crippen LogP contribution in [0.5, 0.6) is 5.75 Å². The molecule has 0 saturated heterocycles.